The molecule has 0 aliphatic carbocycles. The summed E-state index contributed by atoms with van der Waals surface area (Å²) in [4.78, 5) is 0. The molecule has 0 unspecified atom stereocenters. The Morgan fingerprint density at radius 1 is 0.600 bits per heavy atom. The van der Waals surface area contributed by atoms with Gasteiger partial charge in [-0.1, -0.05) is 65.2 Å². The Kier molecular flexibility index (Phi) is 33.4. The first-order chi connectivity index (χ1) is 6.83. The average molecular weight is 253 g/mol. The molecule has 0 aliphatic heterocycles. The average Bonchev–Trinajstić information content (AvgIpc) is 2.21. The van der Waals surface area contributed by atoms with Gasteiger partial charge in [0.05, 0.1) is 0 Å². The van der Waals surface area contributed by atoms with Crippen molar-refractivity contribution < 1.29 is 17.1 Å². The number of rotatable bonds is 8. The van der Waals surface area contributed by atoms with E-state index in [0.29, 0.717) is 0 Å². The summed E-state index contributed by atoms with van der Waals surface area (Å²) in [5.74, 6) is 0. The second kappa shape index (κ2) is 24.0. The third-order valence-corrected chi connectivity index (χ3v) is 2.21. The van der Waals surface area contributed by atoms with Crippen LogP contribution in [0.2, 0.25) is 0 Å². The van der Waals surface area contributed by atoms with Crippen LogP contribution in [0.15, 0.2) is 0 Å². The molecule has 0 nitrogen and oxygen atoms in total. The fraction of sp³-hybridized carbons (Fsp3) is 0.857. The summed E-state index contributed by atoms with van der Waals surface area (Å²) in [6.07, 6.45) is 13.0. The van der Waals surface area contributed by atoms with Gasteiger partial charge in [-0.3, -0.25) is 0 Å². The molecule has 0 saturated carbocycles. The second-order valence-electron chi connectivity index (χ2n) is 3.83. The van der Waals surface area contributed by atoms with Crippen molar-refractivity contribution in [2.75, 3.05) is 0 Å². The van der Waals surface area contributed by atoms with Crippen LogP contribution in [0.4, 0.5) is 0 Å². The molecule has 0 aromatic rings. The second-order valence-corrected chi connectivity index (χ2v) is 3.83. The molecule has 0 saturated heterocycles. The first-order valence-corrected chi connectivity index (χ1v) is 6.41. The fourth-order valence-electron chi connectivity index (χ4n) is 1.21. The van der Waals surface area contributed by atoms with E-state index < -0.39 is 0 Å². The SMILES string of the molecule is [CH2-]CCCCCC.[CH2-]CCCCCC.[Mn+2]. The summed E-state index contributed by atoms with van der Waals surface area (Å²) in [6, 6.07) is 0. The summed E-state index contributed by atoms with van der Waals surface area (Å²) in [5, 5.41) is 0. The molecule has 1 radical (unpaired) electrons. The number of unbranched alkanes of at least 4 members (excludes halogenated alkanes) is 8. The molecule has 0 aromatic carbocycles. The van der Waals surface area contributed by atoms with Crippen molar-refractivity contribution in [3.05, 3.63) is 13.8 Å². The van der Waals surface area contributed by atoms with Gasteiger partial charge in [-0.15, -0.1) is 0 Å². The van der Waals surface area contributed by atoms with Crippen LogP contribution in [0.1, 0.15) is 78.1 Å². The molecule has 1 heteroatoms. The minimum absolute atomic E-state index is 0. The van der Waals surface area contributed by atoms with E-state index in [0.717, 1.165) is 12.8 Å². The minimum Gasteiger partial charge on any atom is -0.343 e. The van der Waals surface area contributed by atoms with E-state index in [9.17, 15) is 0 Å². The van der Waals surface area contributed by atoms with Crippen LogP contribution in [-0.4, -0.2) is 0 Å². The third-order valence-electron chi connectivity index (χ3n) is 2.21. The van der Waals surface area contributed by atoms with E-state index >= 15 is 0 Å². The van der Waals surface area contributed by atoms with Crippen molar-refractivity contribution >= 4 is 0 Å². The Hall–Kier alpha value is 0.519. The molecule has 15 heavy (non-hydrogen) atoms. The van der Waals surface area contributed by atoms with Gasteiger partial charge >= 0.3 is 17.1 Å². The summed E-state index contributed by atoms with van der Waals surface area (Å²) >= 11 is 0. The largest absolute Gasteiger partial charge is 2.00 e. The third kappa shape index (κ3) is 31.4. The summed E-state index contributed by atoms with van der Waals surface area (Å²) < 4.78 is 0. The van der Waals surface area contributed by atoms with Gasteiger partial charge in [-0.25, -0.2) is 0 Å². The summed E-state index contributed by atoms with van der Waals surface area (Å²) in [6.45, 7) is 12.0. The number of hydrogen-bond acceptors (Lipinski definition) is 0. The van der Waals surface area contributed by atoms with Crippen molar-refractivity contribution in [2.24, 2.45) is 0 Å². The van der Waals surface area contributed by atoms with Gasteiger partial charge in [0, 0.05) is 0 Å². The predicted octanol–water partition coefficient (Wildman–Crippen LogP) is 5.58. The molecular formula is C14H30Mn. The van der Waals surface area contributed by atoms with E-state index in [2.05, 4.69) is 27.7 Å². The molecule has 0 heterocycles. The standard InChI is InChI=1S/2C7H15.Mn/c2*1-3-5-7-6-4-2;/h2*1,3-7H2,2H3;/q2*-1;+2. The molecule has 0 bridgehead atoms. The zero-order valence-corrected chi connectivity index (χ0v) is 12.0. The van der Waals surface area contributed by atoms with Crippen LogP contribution in [0.3, 0.4) is 0 Å². The maximum absolute atomic E-state index is 3.76. The summed E-state index contributed by atoms with van der Waals surface area (Å²) in [7, 11) is 0. The van der Waals surface area contributed by atoms with Crippen LogP contribution in [0.5, 0.6) is 0 Å². The zero-order valence-electron chi connectivity index (χ0n) is 10.9. The van der Waals surface area contributed by atoms with E-state index in [1.165, 1.54) is 51.4 Å². The van der Waals surface area contributed by atoms with Gasteiger partial charge in [0.25, 0.3) is 0 Å². The fourth-order valence-corrected chi connectivity index (χ4v) is 1.21. The Morgan fingerprint density at radius 3 is 1.13 bits per heavy atom. The molecule has 0 aliphatic rings. The molecule has 0 N–H and O–H groups in total. The van der Waals surface area contributed by atoms with Crippen LogP contribution in [-0.2, 0) is 17.1 Å². The normalized spacial score (nSPS) is 8.80. The smallest absolute Gasteiger partial charge is 0.343 e. The van der Waals surface area contributed by atoms with E-state index in [1.807, 2.05) is 0 Å². The topological polar surface area (TPSA) is 0 Å². The molecule has 93 valence electrons. The Morgan fingerprint density at radius 2 is 0.933 bits per heavy atom. The van der Waals surface area contributed by atoms with Gasteiger partial charge in [-0.2, -0.15) is 12.8 Å². The van der Waals surface area contributed by atoms with Gasteiger partial charge < -0.3 is 13.8 Å². The van der Waals surface area contributed by atoms with Gasteiger partial charge in [0.1, 0.15) is 0 Å². The molecule has 0 spiro atoms. The first kappa shape index (κ1) is 20.9. The van der Waals surface area contributed by atoms with E-state index in [1.54, 1.807) is 0 Å². The first-order valence-electron chi connectivity index (χ1n) is 6.41. The van der Waals surface area contributed by atoms with Crippen molar-refractivity contribution in [1.29, 1.82) is 0 Å². The molecule has 0 atom stereocenters. The minimum atomic E-state index is 0. The zero-order chi connectivity index (χ0) is 11.1. The van der Waals surface area contributed by atoms with E-state index in [-0.39, 0.29) is 17.1 Å². The quantitative estimate of drug-likeness (QED) is 0.301. The number of hydrogen-bond donors (Lipinski definition) is 0. The van der Waals surface area contributed by atoms with Crippen LogP contribution >= 0.6 is 0 Å². The van der Waals surface area contributed by atoms with Crippen molar-refractivity contribution in [3.63, 3.8) is 0 Å². The maximum atomic E-state index is 3.76. The van der Waals surface area contributed by atoms with E-state index in [4.69, 9.17) is 0 Å². The molecule has 0 rings (SSSR count). The van der Waals surface area contributed by atoms with Crippen LogP contribution in [0.25, 0.3) is 0 Å². The van der Waals surface area contributed by atoms with Gasteiger partial charge in [-0.05, 0) is 0 Å². The Bertz CT molecular complexity index is 53.7. The molecule has 0 aromatic heterocycles. The molecule has 0 amide bonds. The van der Waals surface area contributed by atoms with Crippen LogP contribution < -0.4 is 0 Å². The Labute approximate surface area is 109 Å². The monoisotopic (exact) mass is 253 g/mol. The van der Waals surface area contributed by atoms with Crippen LogP contribution in [0, 0.1) is 13.8 Å². The van der Waals surface area contributed by atoms with Gasteiger partial charge in [0.2, 0.25) is 0 Å². The Balaban J connectivity index is -0.000000180. The molecular weight excluding hydrogens is 223 g/mol. The van der Waals surface area contributed by atoms with Crippen molar-refractivity contribution in [2.45, 2.75) is 78.1 Å². The van der Waals surface area contributed by atoms with Crippen molar-refractivity contribution in [3.8, 4) is 0 Å². The van der Waals surface area contributed by atoms with Gasteiger partial charge in [0.15, 0.2) is 0 Å². The summed E-state index contributed by atoms with van der Waals surface area (Å²) in [5.41, 5.74) is 0. The van der Waals surface area contributed by atoms with Crippen molar-refractivity contribution in [1.82, 2.24) is 0 Å². The maximum Gasteiger partial charge on any atom is 2.00 e. The predicted molar refractivity (Wildman–Crippen MR) is 68.2 cm³/mol. The molecule has 0 fully saturated rings.